The number of para-hydroxylation sites is 1. The lowest BCUT2D eigenvalue weighted by Crippen LogP contribution is -2.23. The minimum absolute atomic E-state index is 0.381. The minimum Gasteiger partial charge on any atom is -0.468 e. The van der Waals surface area contributed by atoms with E-state index in [2.05, 4.69) is 25.4 Å². The summed E-state index contributed by atoms with van der Waals surface area (Å²) in [6, 6.07) is 6.71. The fourth-order valence-electron chi connectivity index (χ4n) is 0.962. The molecule has 16 heavy (non-hydrogen) atoms. The van der Waals surface area contributed by atoms with Crippen LogP contribution in [0.4, 0.5) is 5.69 Å². The number of sulfonamides is 1. The summed E-state index contributed by atoms with van der Waals surface area (Å²) in [4.78, 5) is 10.8. The van der Waals surface area contributed by atoms with Crippen molar-refractivity contribution in [1.82, 2.24) is 0 Å². The summed E-state index contributed by atoms with van der Waals surface area (Å²) in [7, 11) is -2.59. The number of hydrogen-bond donors (Lipinski definition) is 1. The number of halogens is 1. The molecule has 88 valence electrons. The predicted octanol–water partition coefficient (Wildman–Crippen LogP) is 1.36. The Morgan fingerprint density at radius 2 is 2.06 bits per heavy atom. The summed E-state index contributed by atoms with van der Waals surface area (Å²) in [6.45, 7) is 0. The molecule has 5 nitrogen and oxygen atoms in total. The highest BCUT2D eigenvalue weighted by molar-refractivity contribution is 9.10. The van der Waals surface area contributed by atoms with Crippen LogP contribution in [0.25, 0.3) is 0 Å². The highest BCUT2D eigenvalue weighted by Crippen LogP contribution is 2.22. The second kappa shape index (κ2) is 5.31. The lowest BCUT2D eigenvalue weighted by atomic mass is 10.3. The molecule has 0 saturated carbocycles. The lowest BCUT2D eigenvalue weighted by Gasteiger charge is -2.08. The zero-order chi connectivity index (χ0) is 12.2. The number of ether oxygens (including phenoxy) is 1. The quantitative estimate of drug-likeness (QED) is 0.853. The normalized spacial score (nSPS) is 10.9. The maximum absolute atomic E-state index is 11.5. The van der Waals surface area contributed by atoms with E-state index in [1.165, 1.54) is 0 Å². The molecule has 1 aromatic rings. The number of esters is 1. The topological polar surface area (TPSA) is 72.5 Å². The summed E-state index contributed by atoms with van der Waals surface area (Å²) >= 11 is 3.19. The van der Waals surface area contributed by atoms with Crippen molar-refractivity contribution in [3.05, 3.63) is 28.7 Å². The van der Waals surface area contributed by atoms with E-state index in [1.54, 1.807) is 24.3 Å². The first-order chi connectivity index (χ1) is 7.44. The number of carbonyl (C=O) groups excluding carboxylic acids is 1. The molecule has 0 radical (unpaired) electrons. The summed E-state index contributed by atoms with van der Waals surface area (Å²) in [5, 5.41) is 0. The molecule has 7 heteroatoms. The Morgan fingerprint density at radius 1 is 1.44 bits per heavy atom. The minimum atomic E-state index is -3.72. The first-order valence-corrected chi connectivity index (χ1v) is 6.71. The van der Waals surface area contributed by atoms with E-state index in [9.17, 15) is 13.2 Å². The van der Waals surface area contributed by atoms with E-state index in [-0.39, 0.29) is 0 Å². The molecule has 0 heterocycles. The zero-order valence-corrected chi connectivity index (χ0v) is 10.8. The van der Waals surface area contributed by atoms with Gasteiger partial charge in [0.2, 0.25) is 10.0 Å². The molecular weight excluding hydrogens is 298 g/mol. The Kier molecular flexibility index (Phi) is 4.31. The first kappa shape index (κ1) is 13.0. The average Bonchev–Trinajstić information content (AvgIpc) is 2.20. The maximum Gasteiger partial charge on any atom is 0.322 e. The predicted molar refractivity (Wildman–Crippen MR) is 63.6 cm³/mol. The van der Waals surface area contributed by atoms with Crippen molar-refractivity contribution >= 4 is 37.6 Å². The lowest BCUT2D eigenvalue weighted by molar-refractivity contribution is -0.137. The third-order valence-electron chi connectivity index (χ3n) is 1.67. The number of carbonyl (C=O) groups is 1. The molecule has 0 atom stereocenters. The van der Waals surface area contributed by atoms with Crippen molar-refractivity contribution in [2.24, 2.45) is 0 Å². The van der Waals surface area contributed by atoms with Crippen molar-refractivity contribution in [3.8, 4) is 0 Å². The van der Waals surface area contributed by atoms with Gasteiger partial charge in [-0.3, -0.25) is 9.52 Å². The van der Waals surface area contributed by atoms with Gasteiger partial charge in [0.1, 0.15) is 0 Å². The van der Waals surface area contributed by atoms with E-state index < -0.39 is 21.7 Å². The van der Waals surface area contributed by atoms with Crippen molar-refractivity contribution in [1.29, 1.82) is 0 Å². The Bertz CT molecular complexity index is 486. The van der Waals surface area contributed by atoms with E-state index in [0.717, 1.165) is 7.11 Å². The summed E-state index contributed by atoms with van der Waals surface area (Å²) in [5.74, 6) is -1.51. The van der Waals surface area contributed by atoms with Crippen LogP contribution in [0, 0.1) is 0 Å². The molecule has 0 spiro atoms. The highest BCUT2D eigenvalue weighted by Gasteiger charge is 2.17. The summed E-state index contributed by atoms with van der Waals surface area (Å²) in [6.07, 6.45) is 0. The SMILES string of the molecule is COC(=O)CS(=O)(=O)Nc1ccccc1Br. The van der Waals surface area contributed by atoms with Crippen LogP contribution in [-0.2, 0) is 19.6 Å². The van der Waals surface area contributed by atoms with Crippen LogP contribution in [0.1, 0.15) is 0 Å². The Balaban J connectivity index is 2.81. The molecule has 0 aliphatic carbocycles. The van der Waals surface area contributed by atoms with Gasteiger partial charge in [-0.25, -0.2) is 8.42 Å². The Morgan fingerprint density at radius 3 is 2.62 bits per heavy atom. The average molecular weight is 308 g/mol. The van der Waals surface area contributed by atoms with E-state index >= 15 is 0 Å². The third kappa shape index (κ3) is 3.82. The van der Waals surface area contributed by atoms with Crippen LogP contribution in [0.2, 0.25) is 0 Å². The van der Waals surface area contributed by atoms with Crippen LogP contribution in [0.3, 0.4) is 0 Å². The third-order valence-corrected chi connectivity index (χ3v) is 3.51. The first-order valence-electron chi connectivity index (χ1n) is 4.26. The molecule has 0 aliphatic heterocycles. The molecule has 0 amide bonds. The van der Waals surface area contributed by atoms with Crippen molar-refractivity contribution < 1.29 is 17.9 Å². The standard InChI is InChI=1S/C9H10BrNO4S/c1-15-9(12)6-16(13,14)11-8-5-3-2-4-7(8)10/h2-5,11H,6H2,1H3. The Hall–Kier alpha value is -1.08. The molecule has 1 rings (SSSR count). The van der Waals surface area contributed by atoms with Gasteiger partial charge in [-0.2, -0.15) is 0 Å². The molecule has 0 aromatic heterocycles. The summed E-state index contributed by atoms with van der Waals surface area (Å²) in [5.41, 5.74) is 0.381. The van der Waals surface area contributed by atoms with Gasteiger partial charge in [-0.1, -0.05) is 12.1 Å². The van der Waals surface area contributed by atoms with Gasteiger partial charge < -0.3 is 4.74 Å². The number of benzene rings is 1. The van der Waals surface area contributed by atoms with E-state index in [4.69, 9.17) is 0 Å². The van der Waals surface area contributed by atoms with Crippen LogP contribution >= 0.6 is 15.9 Å². The molecule has 0 aliphatic rings. The second-order valence-electron chi connectivity index (χ2n) is 2.92. The van der Waals surface area contributed by atoms with Crippen LogP contribution in [0.5, 0.6) is 0 Å². The smallest absolute Gasteiger partial charge is 0.322 e. The van der Waals surface area contributed by atoms with Gasteiger partial charge in [0, 0.05) is 4.47 Å². The molecule has 0 saturated heterocycles. The molecule has 1 aromatic carbocycles. The number of anilines is 1. The van der Waals surface area contributed by atoms with Crippen molar-refractivity contribution in [2.45, 2.75) is 0 Å². The highest BCUT2D eigenvalue weighted by atomic mass is 79.9. The number of rotatable bonds is 4. The molecule has 0 unspecified atom stereocenters. The monoisotopic (exact) mass is 307 g/mol. The maximum atomic E-state index is 11.5. The van der Waals surface area contributed by atoms with Gasteiger partial charge in [0.25, 0.3) is 0 Å². The fourth-order valence-corrected chi connectivity index (χ4v) is 2.49. The van der Waals surface area contributed by atoms with E-state index in [0.29, 0.717) is 10.2 Å². The van der Waals surface area contributed by atoms with Crippen molar-refractivity contribution in [3.63, 3.8) is 0 Å². The fraction of sp³-hybridized carbons (Fsp3) is 0.222. The number of methoxy groups -OCH3 is 1. The zero-order valence-electron chi connectivity index (χ0n) is 8.44. The Labute approximate surface area is 102 Å². The van der Waals surface area contributed by atoms with Gasteiger partial charge in [-0.15, -0.1) is 0 Å². The second-order valence-corrected chi connectivity index (χ2v) is 5.49. The largest absolute Gasteiger partial charge is 0.468 e. The molecular formula is C9H10BrNO4S. The molecule has 1 N–H and O–H groups in total. The number of hydrogen-bond acceptors (Lipinski definition) is 4. The van der Waals surface area contributed by atoms with Crippen molar-refractivity contribution in [2.75, 3.05) is 17.6 Å². The van der Waals surface area contributed by atoms with Gasteiger partial charge in [0.05, 0.1) is 12.8 Å². The summed E-state index contributed by atoms with van der Waals surface area (Å²) < 4.78 is 30.1. The molecule has 0 bridgehead atoms. The van der Waals surface area contributed by atoms with E-state index in [1.807, 2.05) is 0 Å². The molecule has 0 fully saturated rings. The van der Waals surface area contributed by atoms with Crippen LogP contribution in [0.15, 0.2) is 28.7 Å². The van der Waals surface area contributed by atoms with Gasteiger partial charge in [0.15, 0.2) is 5.75 Å². The van der Waals surface area contributed by atoms with Gasteiger partial charge in [-0.05, 0) is 28.1 Å². The van der Waals surface area contributed by atoms with Gasteiger partial charge >= 0.3 is 5.97 Å². The van der Waals surface area contributed by atoms with Crippen LogP contribution < -0.4 is 4.72 Å². The number of nitrogens with one attached hydrogen (secondary N) is 1. The van der Waals surface area contributed by atoms with Crippen LogP contribution in [-0.4, -0.2) is 27.2 Å².